The Morgan fingerprint density at radius 3 is 2.54 bits per heavy atom. The van der Waals surface area contributed by atoms with Gasteiger partial charge in [0.1, 0.15) is 5.69 Å². The van der Waals surface area contributed by atoms with Gasteiger partial charge in [0.05, 0.1) is 12.5 Å². The lowest BCUT2D eigenvalue weighted by molar-refractivity contribution is -0.155. The molecule has 26 heavy (non-hydrogen) atoms. The second-order valence-electron chi connectivity index (χ2n) is 6.59. The molecule has 0 radical (unpaired) electrons. The molecule has 11 heteroatoms. The molecule has 1 unspecified atom stereocenters. The van der Waals surface area contributed by atoms with Crippen molar-refractivity contribution in [1.29, 1.82) is 0 Å². The van der Waals surface area contributed by atoms with Crippen molar-refractivity contribution in [2.75, 3.05) is 11.6 Å². The van der Waals surface area contributed by atoms with Crippen molar-refractivity contribution in [2.24, 2.45) is 17.2 Å². The van der Waals surface area contributed by atoms with Crippen molar-refractivity contribution >= 4 is 18.3 Å². The van der Waals surface area contributed by atoms with E-state index in [0.717, 1.165) is 6.20 Å². The Morgan fingerprint density at radius 2 is 2.04 bits per heavy atom. The van der Waals surface area contributed by atoms with Crippen LogP contribution in [0.5, 0.6) is 0 Å². The van der Waals surface area contributed by atoms with Crippen molar-refractivity contribution in [3.63, 3.8) is 0 Å². The second-order valence-corrected chi connectivity index (χ2v) is 6.59. The molecule has 0 fully saturated rings. The number of carbonyl (C=O) groups excluding carboxylic acids is 2. The van der Waals surface area contributed by atoms with E-state index >= 15 is 0 Å². The number of hydrazine groups is 1. The lowest BCUT2D eigenvalue weighted by Gasteiger charge is -2.30. The Bertz CT molecular complexity index is 639. The molecular weight excluding hydrogens is 355 g/mol. The number of amides is 2. The molecule has 8 nitrogen and oxygen atoms in total. The van der Waals surface area contributed by atoms with Gasteiger partial charge in [-0.15, -0.1) is 0 Å². The van der Waals surface area contributed by atoms with Crippen molar-refractivity contribution in [2.45, 2.75) is 39.8 Å². The molecule has 0 aliphatic carbocycles. The van der Waals surface area contributed by atoms with Gasteiger partial charge in [-0.05, 0) is 17.9 Å². The van der Waals surface area contributed by atoms with Gasteiger partial charge in [-0.3, -0.25) is 14.8 Å². The summed E-state index contributed by atoms with van der Waals surface area (Å²) < 4.78 is 38.3. The third kappa shape index (κ3) is 5.92. The largest absolute Gasteiger partial charge is 0.433 e. The molecule has 0 saturated carbocycles. The van der Waals surface area contributed by atoms with E-state index < -0.39 is 29.6 Å². The Kier molecular flexibility index (Phi) is 7.04. The quantitative estimate of drug-likeness (QED) is 0.236. The molecule has 0 saturated heterocycles. The SMILES string of the molecule is CCC(C)(C)CC(CN(O)C=O)C(=O)N(N)c1nccc(C(F)(F)F)n1. The van der Waals surface area contributed by atoms with Crippen LogP contribution >= 0.6 is 0 Å². The molecular formula is C15H22F3N5O3. The lowest BCUT2D eigenvalue weighted by atomic mass is 9.80. The van der Waals surface area contributed by atoms with Gasteiger partial charge >= 0.3 is 6.18 Å². The number of nitrogens with zero attached hydrogens (tertiary/aromatic N) is 4. The fourth-order valence-corrected chi connectivity index (χ4v) is 2.23. The molecule has 0 aliphatic rings. The maximum Gasteiger partial charge on any atom is 0.433 e. The van der Waals surface area contributed by atoms with Crippen molar-refractivity contribution in [3.05, 3.63) is 18.0 Å². The van der Waals surface area contributed by atoms with Crippen LogP contribution in [0.25, 0.3) is 0 Å². The first-order valence-electron chi connectivity index (χ1n) is 7.81. The zero-order valence-corrected chi connectivity index (χ0v) is 14.7. The average molecular weight is 377 g/mol. The van der Waals surface area contributed by atoms with E-state index in [4.69, 9.17) is 5.84 Å². The number of anilines is 1. The number of hydrogen-bond donors (Lipinski definition) is 2. The van der Waals surface area contributed by atoms with Crippen molar-refractivity contribution in [3.8, 4) is 0 Å². The number of hydrogen-bond acceptors (Lipinski definition) is 6. The van der Waals surface area contributed by atoms with Crippen LogP contribution in [-0.2, 0) is 15.8 Å². The summed E-state index contributed by atoms with van der Waals surface area (Å²) in [5.74, 6) is 3.24. The summed E-state index contributed by atoms with van der Waals surface area (Å²) in [6.07, 6.45) is -2.83. The average Bonchev–Trinajstić information content (AvgIpc) is 2.58. The van der Waals surface area contributed by atoms with Crippen LogP contribution < -0.4 is 10.9 Å². The summed E-state index contributed by atoms with van der Waals surface area (Å²) in [6.45, 7) is 5.28. The van der Waals surface area contributed by atoms with Gasteiger partial charge in [0.15, 0.2) is 0 Å². The van der Waals surface area contributed by atoms with Crippen LogP contribution in [0.3, 0.4) is 0 Å². The zero-order chi connectivity index (χ0) is 20.1. The number of aromatic nitrogens is 2. The molecule has 0 aromatic carbocycles. The Hall–Kier alpha value is -2.27. The molecule has 1 aromatic heterocycles. The minimum atomic E-state index is -4.72. The predicted octanol–water partition coefficient (Wildman–Crippen LogP) is 1.99. The lowest BCUT2D eigenvalue weighted by Crippen LogP contribution is -2.47. The van der Waals surface area contributed by atoms with Crippen molar-refractivity contribution < 1.29 is 28.0 Å². The van der Waals surface area contributed by atoms with Crippen LogP contribution in [0.4, 0.5) is 19.1 Å². The third-order valence-electron chi connectivity index (χ3n) is 4.02. The van der Waals surface area contributed by atoms with Crippen LogP contribution in [0.15, 0.2) is 12.3 Å². The third-order valence-corrected chi connectivity index (χ3v) is 4.02. The highest BCUT2D eigenvalue weighted by atomic mass is 19.4. The Morgan fingerprint density at radius 1 is 1.42 bits per heavy atom. The first-order chi connectivity index (χ1) is 11.9. The van der Waals surface area contributed by atoms with Crippen molar-refractivity contribution in [1.82, 2.24) is 15.0 Å². The highest BCUT2D eigenvalue weighted by Gasteiger charge is 2.35. The monoisotopic (exact) mass is 377 g/mol. The second kappa shape index (κ2) is 8.41. The number of alkyl halides is 3. The number of rotatable bonds is 8. The highest BCUT2D eigenvalue weighted by Crippen LogP contribution is 2.31. The Balaban J connectivity index is 3.11. The van der Waals surface area contributed by atoms with E-state index in [1.165, 1.54) is 0 Å². The minimum absolute atomic E-state index is 0.126. The van der Waals surface area contributed by atoms with E-state index in [2.05, 4.69) is 9.97 Å². The first kappa shape index (κ1) is 21.8. The van der Waals surface area contributed by atoms with Gasteiger partial charge in [-0.1, -0.05) is 27.2 Å². The molecule has 1 atom stereocenters. The van der Waals surface area contributed by atoms with Gasteiger partial charge in [-0.25, -0.2) is 25.9 Å². The Labute approximate surface area is 148 Å². The number of nitrogens with two attached hydrogens (primary N) is 1. The smallest absolute Gasteiger partial charge is 0.286 e. The van der Waals surface area contributed by atoms with E-state index in [0.29, 0.717) is 17.5 Å². The molecule has 0 aliphatic heterocycles. The van der Waals surface area contributed by atoms with E-state index in [-0.39, 0.29) is 29.9 Å². The molecule has 2 amide bonds. The van der Waals surface area contributed by atoms with Gasteiger partial charge in [0.2, 0.25) is 18.3 Å². The molecule has 1 rings (SSSR count). The summed E-state index contributed by atoms with van der Waals surface area (Å²) in [7, 11) is 0. The van der Waals surface area contributed by atoms with Crippen LogP contribution in [-0.4, -0.2) is 39.1 Å². The first-order valence-corrected chi connectivity index (χ1v) is 7.81. The van der Waals surface area contributed by atoms with E-state index in [1.807, 2.05) is 20.8 Å². The van der Waals surface area contributed by atoms with Gasteiger partial charge < -0.3 is 0 Å². The summed E-state index contributed by atoms with van der Waals surface area (Å²) in [5.41, 5.74) is -1.58. The fourth-order valence-electron chi connectivity index (χ4n) is 2.23. The number of hydroxylamine groups is 2. The zero-order valence-electron chi connectivity index (χ0n) is 14.7. The fraction of sp³-hybridized carbons (Fsp3) is 0.600. The molecule has 146 valence electrons. The molecule has 1 heterocycles. The number of halogens is 3. The molecule has 3 N–H and O–H groups in total. The summed E-state index contributed by atoms with van der Waals surface area (Å²) in [6, 6.07) is 0.654. The van der Waals surface area contributed by atoms with E-state index in [1.54, 1.807) is 0 Å². The van der Waals surface area contributed by atoms with Gasteiger partial charge in [0.25, 0.3) is 0 Å². The topological polar surface area (TPSA) is 113 Å². The predicted molar refractivity (Wildman–Crippen MR) is 85.4 cm³/mol. The maximum absolute atomic E-state index is 12.8. The summed E-state index contributed by atoms with van der Waals surface area (Å²) >= 11 is 0. The van der Waals surface area contributed by atoms with Crippen LogP contribution in [0, 0.1) is 11.3 Å². The molecule has 0 spiro atoms. The van der Waals surface area contributed by atoms with Gasteiger partial charge in [-0.2, -0.15) is 13.2 Å². The molecule has 1 aromatic rings. The van der Waals surface area contributed by atoms with Gasteiger partial charge in [0, 0.05) is 6.20 Å². The highest BCUT2D eigenvalue weighted by molar-refractivity contribution is 5.92. The molecule has 0 bridgehead atoms. The maximum atomic E-state index is 12.8. The number of carbonyl (C=O) groups is 2. The van der Waals surface area contributed by atoms with Crippen LogP contribution in [0.1, 0.15) is 39.3 Å². The summed E-state index contributed by atoms with van der Waals surface area (Å²) in [5, 5.41) is 10.1. The van der Waals surface area contributed by atoms with E-state index in [9.17, 15) is 28.0 Å². The normalized spacial score (nSPS) is 13.2. The minimum Gasteiger partial charge on any atom is -0.286 e. The van der Waals surface area contributed by atoms with Crippen LogP contribution in [0.2, 0.25) is 0 Å². The summed E-state index contributed by atoms with van der Waals surface area (Å²) in [4.78, 5) is 30.2. The standard InChI is InChI=1S/C15H22F3N5O3/c1-4-14(2,3)7-10(8-22(26)9-24)12(25)23(19)13-20-6-5-11(21-13)15(16,17)18/h5-6,9-10,26H,4,7-8,19H2,1-3H3.